The van der Waals surface area contributed by atoms with Crippen molar-refractivity contribution >= 4 is 11.6 Å². The molecule has 1 unspecified atom stereocenters. The Bertz CT molecular complexity index is 438. The number of anilines is 1. The van der Waals surface area contributed by atoms with Gasteiger partial charge in [0, 0.05) is 12.7 Å². The fourth-order valence-corrected chi connectivity index (χ4v) is 1.70. The maximum Gasteiger partial charge on any atom is 0.242 e. The standard InChI is InChI=1S/C11H12N4O/c12-6-8-3-5-13-7-10(8)15-9-2-1-4-14-11(9)16/h3,5,7,9,15H,1-2,4H2,(H,14,16). The number of hydrogen-bond donors (Lipinski definition) is 2. The number of nitriles is 1. The van der Waals surface area contributed by atoms with E-state index in [1.165, 1.54) is 0 Å². The van der Waals surface area contributed by atoms with E-state index in [1.807, 2.05) is 0 Å². The van der Waals surface area contributed by atoms with Crippen LogP contribution in [0.25, 0.3) is 0 Å². The van der Waals surface area contributed by atoms with Crippen LogP contribution >= 0.6 is 0 Å². The van der Waals surface area contributed by atoms with Crippen LogP contribution in [0.5, 0.6) is 0 Å². The molecule has 1 amide bonds. The third kappa shape index (κ3) is 2.11. The van der Waals surface area contributed by atoms with Gasteiger partial charge in [-0.1, -0.05) is 0 Å². The Hall–Kier alpha value is -2.09. The van der Waals surface area contributed by atoms with Gasteiger partial charge in [0.05, 0.1) is 17.4 Å². The number of hydrogen-bond acceptors (Lipinski definition) is 4. The first kappa shape index (κ1) is 10.4. The molecule has 82 valence electrons. The van der Waals surface area contributed by atoms with Gasteiger partial charge in [0.15, 0.2) is 0 Å². The zero-order valence-corrected chi connectivity index (χ0v) is 8.73. The highest BCUT2D eigenvalue weighted by atomic mass is 16.2. The first-order valence-electron chi connectivity index (χ1n) is 5.19. The van der Waals surface area contributed by atoms with E-state index < -0.39 is 0 Å². The topological polar surface area (TPSA) is 77.8 Å². The van der Waals surface area contributed by atoms with Crippen molar-refractivity contribution in [1.29, 1.82) is 5.26 Å². The number of nitrogens with zero attached hydrogens (tertiary/aromatic N) is 2. The van der Waals surface area contributed by atoms with E-state index in [0.717, 1.165) is 19.4 Å². The van der Waals surface area contributed by atoms with Crippen LogP contribution in [0.15, 0.2) is 18.5 Å². The van der Waals surface area contributed by atoms with Crippen LogP contribution in [-0.2, 0) is 4.79 Å². The van der Waals surface area contributed by atoms with E-state index in [9.17, 15) is 4.79 Å². The minimum Gasteiger partial charge on any atom is -0.371 e. The predicted octanol–water partition coefficient (Wildman–Crippen LogP) is 0.644. The molecule has 0 bridgehead atoms. The zero-order chi connectivity index (χ0) is 11.4. The van der Waals surface area contributed by atoms with Crippen LogP contribution in [0.4, 0.5) is 5.69 Å². The molecule has 5 nitrogen and oxygen atoms in total. The van der Waals surface area contributed by atoms with Crippen molar-refractivity contribution < 1.29 is 4.79 Å². The number of carbonyl (C=O) groups is 1. The van der Waals surface area contributed by atoms with Crippen molar-refractivity contribution in [2.24, 2.45) is 0 Å². The smallest absolute Gasteiger partial charge is 0.242 e. The van der Waals surface area contributed by atoms with E-state index in [2.05, 4.69) is 21.7 Å². The Morgan fingerprint density at radius 1 is 1.62 bits per heavy atom. The number of piperidine rings is 1. The minimum absolute atomic E-state index is 0.0148. The highest BCUT2D eigenvalue weighted by Gasteiger charge is 2.22. The van der Waals surface area contributed by atoms with Gasteiger partial charge in [-0.05, 0) is 18.9 Å². The molecule has 1 aliphatic heterocycles. The Morgan fingerprint density at radius 3 is 3.25 bits per heavy atom. The first-order valence-corrected chi connectivity index (χ1v) is 5.19. The first-order chi connectivity index (χ1) is 7.81. The maximum absolute atomic E-state index is 11.5. The zero-order valence-electron chi connectivity index (χ0n) is 8.73. The summed E-state index contributed by atoms with van der Waals surface area (Å²) in [6.07, 6.45) is 4.86. The van der Waals surface area contributed by atoms with Gasteiger partial charge in [-0.3, -0.25) is 9.78 Å². The number of aromatic nitrogens is 1. The molecule has 1 fully saturated rings. The Balaban J connectivity index is 2.14. The summed E-state index contributed by atoms with van der Waals surface area (Å²) in [4.78, 5) is 15.5. The molecule has 1 aromatic heterocycles. The Labute approximate surface area is 93.5 Å². The SMILES string of the molecule is N#Cc1ccncc1NC1CCCNC1=O. The summed E-state index contributed by atoms with van der Waals surface area (Å²) in [5.41, 5.74) is 1.13. The molecule has 2 rings (SSSR count). The second kappa shape index (κ2) is 4.62. The van der Waals surface area contributed by atoms with Crippen LogP contribution in [0.1, 0.15) is 18.4 Å². The molecule has 16 heavy (non-hydrogen) atoms. The number of pyridine rings is 1. The van der Waals surface area contributed by atoms with Gasteiger partial charge in [-0.2, -0.15) is 5.26 Å². The van der Waals surface area contributed by atoms with Crippen molar-refractivity contribution in [1.82, 2.24) is 10.3 Å². The van der Waals surface area contributed by atoms with Gasteiger partial charge in [0.1, 0.15) is 12.1 Å². The highest BCUT2D eigenvalue weighted by Crippen LogP contribution is 2.16. The second-order valence-corrected chi connectivity index (χ2v) is 3.66. The van der Waals surface area contributed by atoms with Crippen LogP contribution in [-0.4, -0.2) is 23.5 Å². The lowest BCUT2D eigenvalue weighted by molar-refractivity contribution is -0.123. The number of rotatable bonds is 2. The summed E-state index contributed by atoms with van der Waals surface area (Å²) < 4.78 is 0. The third-order valence-corrected chi connectivity index (χ3v) is 2.56. The van der Waals surface area contributed by atoms with E-state index in [0.29, 0.717) is 11.3 Å². The Morgan fingerprint density at radius 2 is 2.50 bits per heavy atom. The van der Waals surface area contributed by atoms with Gasteiger partial charge in [0.2, 0.25) is 5.91 Å². The number of amides is 1. The number of carbonyl (C=O) groups excluding carboxylic acids is 1. The molecule has 2 N–H and O–H groups in total. The number of nitrogens with one attached hydrogen (secondary N) is 2. The van der Waals surface area contributed by atoms with Crippen LogP contribution < -0.4 is 10.6 Å². The van der Waals surface area contributed by atoms with Gasteiger partial charge < -0.3 is 10.6 Å². The molecular weight excluding hydrogens is 204 g/mol. The third-order valence-electron chi connectivity index (χ3n) is 2.56. The summed E-state index contributed by atoms with van der Waals surface area (Å²) in [5.74, 6) is -0.0148. The van der Waals surface area contributed by atoms with E-state index in [1.54, 1.807) is 18.5 Å². The fraction of sp³-hybridized carbons (Fsp3) is 0.364. The molecule has 5 heteroatoms. The van der Waals surface area contributed by atoms with Crippen LogP contribution in [0, 0.1) is 11.3 Å². The molecule has 0 aromatic carbocycles. The molecule has 0 spiro atoms. The van der Waals surface area contributed by atoms with Crippen molar-refractivity contribution in [3.63, 3.8) is 0 Å². The molecule has 1 aliphatic rings. The largest absolute Gasteiger partial charge is 0.371 e. The molecule has 1 aromatic rings. The molecule has 0 aliphatic carbocycles. The second-order valence-electron chi connectivity index (χ2n) is 3.66. The summed E-state index contributed by atoms with van der Waals surface area (Å²) in [6, 6.07) is 3.43. The average Bonchev–Trinajstić information content (AvgIpc) is 2.33. The van der Waals surface area contributed by atoms with Crippen molar-refractivity contribution in [3.05, 3.63) is 24.0 Å². The minimum atomic E-state index is -0.259. The van der Waals surface area contributed by atoms with Crippen molar-refractivity contribution in [2.75, 3.05) is 11.9 Å². The lowest BCUT2D eigenvalue weighted by Crippen LogP contribution is -2.44. The van der Waals surface area contributed by atoms with Crippen LogP contribution in [0.3, 0.4) is 0 Å². The molecular formula is C11H12N4O. The summed E-state index contributed by atoms with van der Waals surface area (Å²) in [6.45, 7) is 0.731. The van der Waals surface area contributed by atoms with Gasteiger partial charge >= 0.3 is 0 Å². The summed E-state index contributed by atoms with van der Waals surface area (Å²) >= 11 is 0. The van der Waals surface area contributed by atoms with Gasteiger partial charge in [0.25, 0.3) is 0 Å². The molecule has 0 radical (unpaired) electrons. The summed E-state index contributed by atoms with van der Waals surface area (Å²) in [5, 5.41) is 14.7. The van der Waals surface area contributed by atoms with E-state index in [4.69, 9.17) is 5.26 Å². The van der Waals surface area contributed by atoms with E-state index in [-0.39, 0.29) is 11.9 Å². The van der Waals surface area contributed by atoms with Gasteiger partial charge in [-0.15, -0.1) is 0 Å². The van der Waals surface area contributed by atoms with Crippen molar-refractivity contribution in [2.45, 2.75) is 18.9 Å². The quantitative estimate of drug-likeness (QED) is 0.760. The maximum atomic E-state index is 11.5. The lowest BCUT2D eigenvalue weighted by atomic mass is 10.1. The van der Waals surface area contributed by atoms with Crippen molar-refractivity contribution in [3.8, 4) is 6.07 Å². The average molecular weight is 216 g/mol. The normalized spacial score (nSPS) is 19.7. The molecule has 1 atom stereocenters. The lowest BCUT2D eigenvalue weighted by Gasteiger charge is -2.23. The van der Waals surface area contributed by atoms with Crippen LogP contribution in [0.2, 0.25) is 0 Å². The van der Waals surface area contributed by atoms with Gasteiger partial charge in [-0.25, -0.2) is 0 Å². The highest BCUT2D eigenvalue weighted by molar-refractivity contribution is 5.85. The predicted molar refractivity (Wildman–Crippen MR) is 58.6 cm³/mol. The fourth-order valence-electron chi connectivity index (χ4n) is 1.70. The monoisotopic (exact) mass is 216 g/mol. The molecule has 2 heterocycles. The Kier molecular flexibility index (Phi) is 3.01. The summed E-state index contributed by atoms with van der Waals surface area (Å²) in [7, 11) is 0. The molecule has 1 saturated heterocycles. The molecule has 0 saturated carbocycles. The van der Waals surface area contributed by atoms with E-state index >= 15 is 0 Å².